The minimum atomic E-state index is -0.602. The van der Waals surface area contributed by atoms with Crippen LogP contribution in [0.1, 0.15) is 37.3 Å². The van der Waals surface area contributed by atoms with Gasteiger partial charge >= 0.3 is 0 Å². The molecule has 1 aromatic heterocycles. The van der Waals surface area contributed by atoms with Crippen molar-refractivity contribution in [3.05, 3.63) is 62.6 Å². The standard InChI is InChI=1S/C25H24Cl2N4O4S/c1-4-33-21-13-16(11-17(14-28)23(32)29-25-31-30-24(36-25)15(2)3)12-19(27)22(21)35-10-9-34-20-8-6-5-7-18(20)26/h5-8,11-13,15H,4,9-10H2,1-3H3,(H,29,31,32). The highest BCUT2D eigenvalue weighted by Gasteiger charge is 2.17. The van der Waals surface area contributed by atoms with Crippen molar-refractivity contribution in [1.29, 1.82) is 5.26 Å². The predicted octanol–water partition coefficient (Wildman–Crippen LogP) is 6.37. The number of rotatable bonds is 11. The summed E-state index contributed by atoms with van der Waals surface area (Å²) < 4.78 is 17.1. The van der Waals surface area contributed by atoms with Gasteiger partial charge in [-0.3, -0.25) is 10.1 Å². The summed E-state index contributed by atoms with van der Waals surface area (Å²) in [6.45, 7) is 6.55. The van der Waals surface area contributed by atoms with E-state index in [4.69, 9.17) is 37.4 Å². The summed E-state index contributed by atoms with van der Waals surface area (Å²) in [5.41, 5.74) is 0.367. The van der Waals surface area contributed by atoms with Crippen LogP contribution in [0.4, 0.5) is 5.13 Å². The van der Waals surface area contributed by atoms with Crippen molar-refractivity contribution in [3.63, 3.8) is 0 Å². The molecule has 1 heterocycles. The van der Waals surface area contributed by atoms with Crippen LogP contribution >= 0.6 is 34.5 Å². The van der Waals surface area contributed by atoms with Crippen LogP contribution in [-0.2, 0) is 4.79 Å². The molecule has 36 heavy (non-hydrogen) atoms. The minimum absolute atomic E-state index is 0.128. The number of aromatic nitrogens is 2. The highest BCUT2D eigenvalue weighted by Crippen LogP contribution is 2.37. The van der Waals surface area contributed by atoms with Crippen molar-refractivity contribution in [1.82, 2.24) is 10.2 Å². The summed E-state index contributed by atoms with van der Waals surface area (Å²) in [4.78, 5) is 12.6. The third-order valence-electron chi connectivity index (χ3n) is 4.59. The highest BCUT2D eigenvalue weighted by atomic mass is 35.5. The van der Waals surface area contributed by atoms with E-state index in [1.165, 1.54) is 17.4 Å². The first kappa shape index (κ1) is 27.3. The van der Waals surface area contributed by atoms with Crippen molar-refractivity contribution in [2.24, 2.45) is 0 Å². The molecule has 3 rings (SSSR count). The number of hydrogen-bond acceptors (Lipinski definition) is 8. The Morgan fingerprint density at radius 1 is 1.11 bits per heavy atom. The lowest BCUT2D eigenvalue weighted by atomic mass is 10.1. The Bertz CT molecular complexity index is 1290. The maximum atomic E-state index is 12.6. The van der Waals surface area contributed by atoms with Gasteiger partial charge in [-0.15, -0.1) is 10.2 Å². The zero-order valence-corrected chi connectivity index (χ0v) is 22.2. The third-order valence-corrected chi connectivity index (χ3v) is 6.32. The number of halogens is 2. The molecule has 8 nitrogen and oxygen atoms in total. The summed E-state index contributed by atoms with van der Waals surface area (Å²) in [7, 11) is 0. The normalized spacial score (nSPS) is 11.2. The first-order valence-electron chi connectivity index (χ1n) is 11.0. The molecule has 188 valence electrons. The smallest absolute Gasteiger partial charge is 0.268 e. The first-order chi connectivity index (χ1) is 17.3. The largest absolute Gasteiger partial charge is 0.490 e. The molecule has 0 aliphatic heterocycles. The van der Waals surface area contributed by atoms with Gasteiger partial charge in [-0.05, 0) is 42.8 Å². The number of ether oxygens (including phenoxy) is 3. The minimum Gasteiger partial charge on any atom is -0.490 e. The molecule has 0 radical (unpaired) electrons. The van der Waals surface area contributed by atoms with Gasteiger partial charge in [0.2, 0.25) is 5.13 Å². The number of nitrogens with one attached hydrogen (secondary N) is 1. The average Bonchev–Trinajstić information content (AvgIpc) is 3.31. The summed E-state index contributed by atoms with van der Waals surface area (Å²) >= 11 is 13.8. The molecule has 0 aliphatic carbocycles. The molecule has 0 saturated heterocycles. The maximum Gasteiger partial charge on any atom is 0.268 e. The Kier molecular flexibility index (Phi) is 9.94. The molecule has 2 aromatic carbocycles. The Labute approximate surface area is 223 Å². The second-order valence-electron chi connectivity index (χ2n) is 7.61. The van der Waals surface area contributed by atoms with E-state index in [9.17, 15) is 10.1 Å². The third kappa shape index (κ3) is 7.34. The van der Waals surface area contributed by atoms with Gasteiger partial charge in [0.15, 0.2) is 11.5 Å². The number of nitriles is 1. The van der Waals surface area contributed by atoms with E-state index in [1.807, 2.05) is 39.0 Å². The number of amides is 1. The second kappa shape index (κ2) is 13.1. The topological polar surface area (TPSA) is 106 Å². The highest BCUT2D eigenvalue weighted by molar-refractivity contribution is 7.15. The molecule has 0 aliphatic rings. The lowest BCUT2D eigenvalue weighted by molar-refractivity contribution is -0.112. The number of para-hydroxylation sites is 1. The Morgan fingerprint density at radius 3 is 2.53 bits per heavy atom. The van der Waals surface area contributed by atoms with E-state index in [0.29, 0.717) is 39.6 Å². The van der Waals surface area contributed by atoms with E-state index >= 15 is 0 Å². The Morgan fingerprint density at radius 2 is 1.86 bits per heavy atom. The van der Waals surface area contributed by atoms with Gasteiger partial charge in [-0.25, -0.2) is 0 Å². The molecule has 1 amide bonds. The molecule has 0 spiro atoms. The van der Waals surface area contributed by atoms with Gasteiger partial charge in [0.25, 0.3) is 5.91 Å². The van der Waals surface area contributed by atoms with Crippen molar-refractivity contribution in [3.8, 4) is 23.3 Å². The van der Waals surface area contributed by atoms with E-state index in [1.54, 1.807) is 24.3 Å². The van der Waals surface area contributed by atoms with Crippen molar-refractivity contribution in [2.75, 3.05) is 25.1 Å². The van der Waals surface area contributed by atoms with Crippen molar-refractivity contribution >= 4 is 51.7 Å². The summed E-state index contributed by atoms with van der Waals surface area (Å²) in [5.74, 6) is 0.835. The molecule has 0 saturated carbocycles. The molecule has 0 unspecified atom stereocenters. The van der Waals surface area contributed by atoms with Gasteiger partial charge in [0, 0.05) is 5.92 Å². The quantitative estimate of drug-likeness (QED) is 0.169. The van der Waals surface area contributed by atoms with Gasteiger partial charge in [0.1, 0.15) is 35.6 Å². The van der Waals surface area contributed by atoms with Crippen LogP contribution in [-0.4, -0.2) is 35.9 Å². The van der Waals surface area contributed by atoms with Crippen molar-refractivity contribution < 1.29 is 19.0 Å². The molecule has 0 atom stereocenters. The monoisotopic (exact) mass is 546 g/mol. The van der Waals surface area contributed by atoms with E-state index in [-0.39, 0.29) is 29.7 Å². The van der Waals surface area contributed by atoms with Crippen LogP contribution in [0.15, 0.2) is 42.0 Å². The first-order valence-corrected chi connectivity index (χ1v) is 12.6. The van der Waals surface area contributed by atoms with Gasteiger partial charge in [0.05, 0.1) is 16.7 Å². The molecule has 0 fully saturated rings. The van der Waals surface area contributed by atoms with Crippen LogP contribution in [0.25, 0.3) is 6.08 Å². The van der Waals surface area contributed by atoms with Crippen LogP contribution in [0.3, 0.4) is 0 Å². The van der Waals surface area contributed by atoms with Crippen LogP contribution in [0, 0.1) is 11.3 Å². The fourth-order valence-electron chi connectivity index (χ4n) is 2.93. The molecule has 3 aromatic rings. The number of carbonyl (C=O) groups excluding carboxylic acids is 1. The number of anilines is 1. The van der Waals surface area contributed by atoms with Gasteiger partial charge in [-0.1, -0.05) is 60.5 Å². The van der Waals surface area contributed by atoms with Crippen molar-refractivity contribution in [2.45, 2.75) is 26.7 Å². The predicted molar refractivity (Wildman–Crippen MR) is 141 cm³/mol. The zero-order valence-electron chi connectivity index (χ0n) is 19.9. The summed E-state index contributed by atoms with van der Waals surface area (Å²) in [6, 6.07) is 12.3. The number of carbonyl (C=O) groups is 1. The number of hydrogen-bond donors (Lipinski definition) is 1. The molecular formula is C25H24Cl2N4O4S. The summed E-state index contributed by atoms with van der Waals surface area (Å²) in [6.07, 6.45) is 1.42. The SMILES string of the molecule is CCOc1cc(C=C(C#N)C(=O)Nc2nnc(C(C)C)s2)cc(Cl)c1OCCOc1ccccc1Cl. The average molecular weight is 547 g/mol. The zero-order chi connectivity index (χ0) is 26.1. The Balaban J connectivity index is 1.72. The van der Waals surface area contributed by atoms with Gasteiger partial charge in [-0.2, -0.15) is 5.26 Å². The Hall–Kier alpha value is -3.32. The van der Waals surface area contributed by atoms with Crippen LogP contribution < -0.4 is 19.5 Å². The van der Waals surface area contributed by atoms with Crippen LogP contribution in [0.2, 0.25) is 10.0 Å². The lowest BCUT2D eigenvalue weighted by Gasteiger charge is -2.15. The van der Waals surface area contributed by atoms with Gasteiger partial charge < -0.3 is 14.2 Å². The summed E-state index contributed by atoms with van der Waals surface area (Å²) in [5, 5.41) is 22.0. The van der Waals surface area contributed by atoms with E-state index < -0.39 is 5.91 Å². The number of nitrogens with zero attached hydrogens (tertiary/aromatic N) is 3. The number of benzene rings is 2. The second-order valence-corrected chi connectivity index (χ2v) is 9.44. The van der Waals surface area contributed by atoms with E-state index in [0.717, 1.165) is 5.01 Å². The molecular weight excluding hydrogens is 523 g/mol. The fourth-order valence-corrected chi connectivity index (χ4v) is 4.13. The van der Waals surface area contributed by atoms with Crippen LogP contribution in [0.5, 0.6) is 17.2 Å². The molecule has 1 N–H and O–H groups in total. The maximum absolute atomic E-state index is 12.6. The fraction of sp³-hybridized carbons (Fsp3) is 0.280. The van der Waals surface area contributed by atoms with E-state index in [2.05, 4.69) is 15.5 Å². The molecule has 0 bridgehead atoms. The molecule has 11 heteroatoms. The lowest BCUT2D eigenvalue weighted by Crippen LogP contribution is -2.13.